The monoisotopic (exact) mass is 282 g/mol. The Morgan fingerprint density at radius 1 is 1.14 bits per heavy atom. The van der Waals surface area contributed by atoms with Crippen LogP contribution in [-0.4, -0.2) is 16.5 Å². The SMILES string of the molecule is CCNc1nc(Nc2cc(C)ccc2C)cc(C2CC2)n1. The highest BCUT2D eigenvalue weighted by atomic mass is 15.1. The van der Waals surface area contributed by atoms with Crippen molar-refractivity contribution in [3.63, 3.8) is 0 Å². The van der Waals surface area contributed by atoms with Crippen LogP contribution in [-0.2, 0) is 0 Å². The maximum atomic E-state index is 4.60. The molecule has 110 valence electrons. The van der Waals surface area contributed by atoms with Crippen LogP contribution in [0.15, 0.2) is 24.3 Å². The molecule has 1 saturated carbocycles. The molecule has 0 aliphatic heterocycles. The number of aryl methyl sites for hydroxylation is 2. The van der Waals surface area contributed by atoms with Crippen molar-refractivity contribution in [2.75, 3.05) is 17.2 Å². The van der Waals surface area contributed by atoms with Gasteiger partial charge in [0.2, 0.25) is 5.95 Å². The fourth-order valence-corrected chi connectivity index (χ4v) is 2.36. The molecule has 4 heteroatoms. The van der Waals surface area contributed by atoms with Gasteiger partial charge in [-0.25, -0.2) is 4.98 Å². The van der Waals surface area contributed by atoms with E-state index in [0.717, 1.165) is 29.7 Å². The van der Waals surface area contributed by atoms with E-state index < -0.39 is 0 Å². The van der Waals surface area contributed by atoms with Gasteiger partial charge in [0.1, 0.15) is 5.82 Å². The van der Waals surface area contributed by atoms with E-state index in [0.29, 0.717) is 5.92 Å². The summed E-state index contributed by atoms with van der Waals surface area (Å²) in [6, 6.07) is 8.49. The molecule has 1 aromatic heterocycles. The number of hydrogen-bond acceptors (Lipinski definition) is 4. The van der Waals surface area contributed by atoms with Crippen LogP contribution in [0.2, 0.25) is 0 Å². The van der Waals surface area contributed by atoms with E-state index in [4.69, 9.17) is 0 Å². The summed E-state index contributed by atoms with van der Waals surface area (Å²) in [5.41, 5.74) is 4.72. The molecule has 0 saturated heterocycles. The van der Waals surface area contributed by atoms with Gasteiger partial charge < -0.3 is 10.6 Å². The zero-order chi connectivity index (χ0) is 14.8. The van der Waals surface area contributed by atoms with Crippen molar-refractivity contribution in [2.24, 2.45) is 0 Å². The highest BCUT2D eigenvalue weighted by Gasteiger charge is 2.26. The topological polar surface area (TPSA) is 49.8 Å². The van der Waals surface area contributed by atoms with E-state index in [1.807, 2.05) is 0 Å². The molecule has 1 heterocycles. The van der Waals surface area contributed by atoms with Gasteiger partial charge in [0.05, 0.1) is 5.69 Å². The van der Waals surface area contributed by atoms with Crippen molar-refractivity contribution in [3.05, 3.63) is 41.1 Å². The minimum atomic E-state index is 0.615. The van der Waals surface area contributed by atoms with E-state index in [2.05, 4.69) is 65.6 Å². The fourth-order valence-electron chi connectivity index (χ4n) is 2.36. The summed E-state index contributed by atoms with van der Waals surface area (Å²) in [6.45, 7) is 7.10. The molecule has 0 unspecified atom stereocenters. The first-order valence-electron chi connectivity index (χ1n) is 7.63. The molecule has 0 amide bonds. The van der Waals surface area contributed by atoms with Gasteiger partial charge in [-0.05, 0) is 50.8 Å². The maximum absolute atomic E-state index is 4.60. The van der Waals surface area contributed by atoms with Gasteiger partial charge in [0.25, 0.3) is 0 Å². The normalized spacial score (nSPS) is 14.0. The molecule has 1 aliphatic rings. The van der Waals surface area contributed by atoms with E-state index in [1.165, 1.54) is 24.0 Å². The molecule has 0 bridgehead atoms. The Labute approximate surface area is 126 Å². The zero-order valence-electron chi connectivity index (χ0n) is 12.9. The summed E-state index contributed by atoms with van der Waals surface area (Å²) in [5, 5.41) is 6.66. The van der Waals surface area contributed by atoms with Crippen molar-refractivity contribution in [2.45, 2.75) is 39.5 Å². The molecule has 1 fully saturated rings. The number of benzene rings is 1. The summed E-state index contributed by atoms with van der Waals surface area (Å²) < 4.78 is 0. The average Bonchev–Trinajstić information content (AvgIpc) is 3.28. The fraction of sp³-hybridized carbons (Fsp3) is 0.412. The Hall–Kier alpha value is -2.10. The molecule has 0 atom stereocenters. The van der Waals surface area contributed by atoms with Gasteiger partial charge in [-0.2, -0.15) is 4.98 Å². The molecule has 3 rings (SSSR count). The Morgan fingerprint density at radius 3 is 2.67 bits per heavy atom. The van der Waals surface area contributed by atoms with Crippen LogP contribution in [0.1, 0.15) is 42.5 Å². The molecule has 0 radical (unpaired) electrons. The van der Waals surface area contributed by atoms with Crippen molar-refractivity contribution in [1.82, 2.24) is 9.97 Å². The third kappa shape index (κ3) is 3.32. The number of anilines is 3. The van der Waals surface area contributed by atoms with Crippen molar-refractivity contribution in [1.29, 1.82) is 0 Å². The smallest absolute Gasteiger partial charge is 0.224 e. The molecular weight excluding hydrogens is 260 g/mol. The van der Waals surface area contributed by atoms with Crippen LogP contribution < -0.4 is 10.6 Å². The lowest BCUT2D eigenvalue weighted by Crippen LogP contribution is -2.06. The molecule has 21 heavy (non-hydrogen) atoms. The summed E-state index contributed by atoms with van der Waals surface area (Å²) in [5.74, 6) is 2.20. The van der Waals surface area contributed by atoms with Crippen molar-refractivity contribution in [3.8, 4) is 0 Å². The van der Waals surface area contributed by atoms with E-state index in [1.54, 1.807) is 0 Å². The van der Waals surface area contributed by atoms with E-state index >= 15 is 0 Å². The second-order valence-electron chi connectivity index (χ2n) is 5.75. The lowest BCUT2D eigenvalue weighted by atomic mass is 10.1. The van der Waals surface area contributed by atoms with E-state index in [-0.39, 0.29) is 0 Å². The molecule has 1 aliphatic carbocycles. The van der Waals surface area contributed by atoms with Gasteiger partial charge in [-0.15, -0.1) is 0 Å². The first-order valence-corrected chi connectivity index (χ1v) is 7.63. The standard InChI is InChI=1S/C17H22N4/c1-4-18-17-20-15(13-7-8-13)10-16(21-17)19-14-9-11(2)5-6-12(14)3/h5-6,9-10,13H,4,7-8H2,1-3H3,(H2,18,19,20,21). The summed E-state index contributed by atoms with van der Waals surface area (Å²) in [6.07, 6.45) is 2.48. The predicted molar refractivity (Wildman–Crippen MR) is 87.4 cm³/mol. The minimum absolute atomic E-state index is 0.615. The van der Waals surface area contributed by atoms with Crippen LogP contribution in [0.3, 0.4) is 0 Å². The number of aromatic nitrogens is 2. The molecule has 0 spiro atoms. The second-order valence-corrected chi connectivity index (χ2v) is 5.75. The third-order valence-corrected chi connectivity index (χ3v) is 3.73. The van der Waals surface area contributed by atoms with Gasteiger partial charge >= 0.3 is 0 Å². The molecule has 1 aromatic carbocycles. The molecule has 2 N–H and O–H groups in total. The van der Waals surface area contributed by atoms with E-state index in [9.17, 15) is 0 Å². The van der Waals surface area contributed by atoms with Crippen LogP contribution in [0.4, 0.5) is 17.5 Å². The first kappa shape index (κ1) is 13.9. The molecule has 4 nitrogen and oxygen atoms in total. The predicted octanol–water partition coefficient (Wildman–Crippen LogP) is 4.15. The Balaban J connectivity index is 1.91. The quantitative estimate of drug-likeness (QED) is 0.865. The average molecular weight is 282 g/mol. The minimum Gasteiger partial charge on any atom is -0.354 e. The highest BCUT2D eigenvalue weighted by molar-refractivity contribution is 5.62. The first-order chi connectivity index (χ1) is 10.2. The Kier molecular flexibility index (Phi) is 3.78. The van der Waals surface area contributed by atoms with Gasteiger partial charge in [0.15, 0.2) is 0 Å². The zero-order valence-corrected chi connectivity index (χ0v) is 12.9. The lowest BCUT2D eigenvalue weighted by Gasteiger charge is -2.12. The highest BCUT2D eigenvalue weighted by Crippen LogP contribution is 2.40. The number of nitrogens with one attached hydrogen (secondary N) is 2. The van der Waals surface area contributed by atoms with Crippen molar-refractivity contribution < 1.29 is 0 Å². The van der Waals surface area contributed by atoms with Gasteiger partial charge in [-0.3, -0.25) is 0 Å². The summed E-state index contributed by atoms with van der Waals surface area (Å²) in [7, 11) is 0. The molecule has 2 aromatic rings. The maximum Gasteiger partial charge on any atom is 0.224 e. The largest absolute Gasteiger partial charge is 0.354 e. The molecular formula is C17H22N4. The van der Waals surface area contributed by atoms with Gasteiger partial charge in [0, 0.05) is 24.2 Å². The Morgan fingerprint density at radius 2 is 1.95 bits per heavy atom. The number of nitrogens with zero attached hydrogens (tertiary/aromatic N) is 2. The van der Waals surface area contributed by atoms with Gasteiger partial charge in [-0.1, -0.05) is 12.1 Å². The van der Waals surface area contributed by atoms with Crippen LogP contribution in [0, 0.1) is 13.8 Å². The van der Waals surface area contributed by atoms with Crippen LogP contribution in [0.25, 0.3) is 0 Å². The lowest BCUT2D eigenvalue weighted by molar-refractivity contribution is 0.977. The summed E-state index contributed by atoms with van der Waals surface area (Å²) >= 11 is 0. The Bertz CT molecular complexity index is 647. The summed E-state index contributed by atoms with van der Waals surface area (Å²) in [4.78, 5) is 9.17. The van der Waals surface area contributed by atoms with Crippen LogP contribution >= 0.6 is 0 Å². The second kappa shape index (κ2) is 5.72. The number of rotatable bonds is 5. The van der Waals surface area contributed by atoms with Crippen LogP contribution in [0.5, 0.6) is 0 Å². The number of hydrogen-bond donors (Lipinski definition) is 2. The third-order valence-electron chi connectivity index (χ3n) is 3.73. The van der Waals surface area contributed by atoms with Crippen molar-refractivity contribution >= 4 is 17.5 Å².